The average molecular weight is 394 g/mol. The van der Waals surface area contributed by atoms with Crippen LogP contribution in [0.2, 0.25) is 5.02 Å². The van der Waals surface area contributed by atoms with Crippen molar-refractivity contribution in [1.82, 2.24) is 15.2 Å². The SMILES string of the molecule is Cc1ccc(CNc2cnnc(Nc3ccc(Cl)c(C(F)(F)F)c3)n2)cc1. The molecule has 0 radical (unpaired) electrons. The predicted octanol–water partition coefficient (Wildman–Crippen LogP) is 5.21. The van der Waals surface area contributed by atoms with Crippen molar-refractivity contribution < 1.29 is 13.2 Å². The van der Waals surface area contributed by atoms with E-state index in [4.69, 9.17) is 11.6 Å². The first kappa shape index (κ1) is 18.9. The van der Waals surface area contributed by atoms with Gasteiger partial charge in [-0.25, -0.2) is 0 Å². The van der Waals surface area contributed by atoms with E-state index in [9.17, 15) is 13.2 Å². The summed E-state index contributed by atoms with van der Waals surface area (Å²) in [6.07, 6.45) is -3.12. The van der Waals surface area contributed by atoms with E-state index in [0.29, 0.717) is 12.4 Å². The third kappa shape index (κ3) is 5.07. The fourth-order valence-electron chi connectivity index (χ4n) is 2.29. The summed E-state index contributed by atoms with van der Waals surface area (Å²) < 4.78 is 38.9. The first-order valence-electron chi connectivity index (χ1n) is 7.94. The van der Waals surface area contributed by atoms with Crippen LogP contribution in [-0.4, -0.2) is 15.2 Å². The van der Waals surface area contributed by atoms with Crippen LogP contribution in [0.25, 0.3) is 0 Å². The molecule has 0 saturated carbocycles. The Hall–Kier alpha value is -2.87. The largest absolute Gasteiger partial charge is 0.417 e. The van der Waals surface area contributed by atoms with Crippen LogP contribution in [0.4, 0.5) is 30.6 Å². The van der Waals surface area contributed by atoms with Gasteiger partial charge >= 0.3 is 6.18 Å². The molecule has 27 heavy (non-hydrogen) atoms. The number of halogens is 4. The Morgan fingerprint density at radius 2 is 1.81 bits per heavy atom. The zero-order chi connectivity index (χ0) is 19.4. The van der Waals surface area contributed by atoms with Crippen LogP contribution in [0.3, 0.4) is 0 Å². The predicted molar refractivity (Wildman–Crippen MR) is 98.1 cm³/mol. The van der Waals surface area contributed by atoms with E-state index in [-0.39, 0.29) is 16.7 Å². The minimum absolute atomic E-state index is 0.0688. The molecule has 0 fully saturated rings. The zero-order valence-corrected chi connectivity index (χ0v) is 14.9. The monoisotopic (exact) mass is 393 g/mol. The Morgan fingerprint density at radius 3 is 2.52 bits per heavy atom. The molecule has 1 heterocycles. The highest BCUT2D eigenvalue weighted by atomic mass is 35.5. The minimum atomic E-state index is -4.55. The summed E-state index contributed by atoms with van der Waals surface area (Å²) in [6, 6.07) is 11.5. The minimum Gasteiger partial charge on any atom is -0.365 e. The maximum absolute atomic E-state index is 13.0. The van der Waals surface area contributed by atoms with E-state index in [1.165, 1.54) is 18.3 Å². The van der Waals surface area contributed by atoms with Gasteiger partial charge in [0.1, 0.15) is 0 Å². The Kier molecular flexibility index (Phi) is 5.46. The quantitative estimate of drug-likeness (QED) is 0.623. The molecule has 1 aromatic heterocycles. The van der Waals surface area contributed by atoms with Crippen molar-refractivity contribution >= 4 is 29.1 Å². The van der Waals surface area contributed by atoms with Crippen molar-refractivity contribution in [2.24, 2.45) is 0 Å². The molecule has 2 aromatic carbocycles. The number of alkyl halides is 3. The summed E-state index contributed by atoms with van der Waals surface area (Å²) in [5.41, 5.74) is 1.44. The number of nitrogens with one attached hydrogen (secondary N) is 2. The van der Waals surface area contributed by atoms with Gasteiger partial charge in [0.05, 0.1) is 16.8 Å². The molecule has 0 aliphatic rings. The second kappa shape index (κ2) is 7.79. The van der Waals surface area contributed by atoms with Crippen LogP contribution >= 0.6 is 11.6 Å². The van der Waals surface area contributed by atoms with Gasteiger partial charge in [0.25, 0.3) is 0 Å². The van der Waals surface area contributed by atoms with Gasteiger partial charge in [-0.05, 0) is 30.7 Å². The van der Waals surface area contributed by atoms with Crippen LogP contribution in [0, 0.1) is 6.92 Å². The lowest BCUT2D eigenvalue weighted by Gasteiger charge is -2.12. The van der Waals surface area contributed by atoms with Crippen molar-refractivity contribution in [2.75, 3.05) is 10.6 Å². The van der Waals surface area contributed by atoms with Crippen LogP contribution in [0.5, 0.6) is 0 Å². The Balaban J connectivity index is 1.71. The summed E-state index contributed by atoms with van der Waals surface area (Å²) in [6.45, 7) is 2.53. The molecule has 3 aromatic rings. The number of hydrogen-bond acceptors (Lipinski definition) is 5. The molecular formula is C18H15ClF3N5. The Morgan fingerprint density at radius 1 is 1.07 bits per heavy atom. The first-order valence-corrected chi connectivity index (χ1v) is 8.32. The zero-order valence-electron chi connectivity index (χ0n) is 14.2. The standard InChI is InChI=1S/C18H15ClF3N5/c1-11-2-4-12(5-3-11)9-23-16-10-24-27-17(26-16)25-13-6-7-15(19)14(8-13)18(20,21)22/h2-8,10H,9H2,1H3,(H2,23,25,26,27). The molecule has 0 aliphatic carbocycles. The van der Waals surface area contributed by atoms with E-state index in [0.717, 1.165) is 17.2 Å². The van der Waals surface area contributed by atoms with Gasteiger partial charge in [-0.15, -0.1) is 5.10 Å². The van der Waals surface area contributed by atoms with Crippen LogP contribution in [0.1, 0.15) is 16.7 Å². The van der Waals surface area contributed by atoms with Gasteiger partial charge in [0.15, 0.2) is 5.82 Å². The van der Waals surface area contributed by atoms with Crippen molar-refractivity contribution in [3.05, 3.63) is 70.4 Å². The maximum atomic E-state index is 13.0. The van der Waals surface area contributed by atoms with E-state index in [2.05, 4.69) is 25.8 Å². The van der Waals surface area contributed by atoms with Crippen LogP contribution < -0.4 is 10.6 Å². The summed E-state index contributed by atoms with van der Waals surface area (Å²) in [4.78, 5) is 4.20. The molecule has 5 nitrogen and oxygen atoms in total. The van der Waals surface area contributed by atoms with Crippen LogP contribution in [0.15, 0.2) is 48.7 Å². The highest BCUT2D eigenvalue weighted by molar-refractivity contribution is 6.31. The Bertz CT molecular complexity index is 929. The van der Waals surface area contributed by atoms with E-state index >= 15 is 0 Å². The summed E-state index contributed by atoms with van der Waals surface area (Å²) >= 11 is 5.62. The lowest BCUT2D eigenvalue weighted by molar-refractivity contribution is -0.137. The highest BCUT2D eigenvalue weighted by Gasteiger charge is 2.33. The number of benzene rings is 2. The molecule has 3 rings (SSSR count). The fraction of sp³-hybridized carbons (Fsp3) is 0.167. The summed E-state index contributed by atoms with van der Waals surface area (Å²) in [7, 11) is 0. The van der Waals surface area contributed by atoms with E-state index in [1.54, 1.807) is 0 Å². The van der Waals surface area contributed by atoms with Crippen molar-refractivity contribution in [3.63, 3.8) is 0 Å². The molecule has 9 heteroatoms. The summed E-state index contributed by atoms with van der Waals surface area (Å²) in [5, 5.41) is 13.0. The maximum Gasteiger partial charge on any atom is 0.417 e. The molecule has 2 N–H and O–H groups in total. The van der Waals surface area contributed by atoms with Gasteiger partial charge in [0.2, 0.25) is 5.95 Å². The van der Waals surface area contributed by atoms with Gasteiger partial charge in [-0.3, -0.25) is 0 Å². The van der Waals surface area contributed by atoms with Crippen molar-refractivity contribution in [1.29, 1.82) is 0 Å². The lowest BCUT2D eigenvalue weighted by Crippen LogP contribution is -2.08. The fourth-order valence-corrected chi connectivity index (χ4v) is 2.51. The molecule has 0 amide bonds. The second-order valence-corrected chi connectivity index (χ2v) is 6.23. The highest BCUT2D eigenvalue weighted by Crippen LogP contribution is 2.36. The topological polar surface area (TPSA) is 62.7 Å². The normalized spacial score (nSPS) is 11.3. The molecular weight excluding hydrogens is 379 g/mol. The Labute approximate surface area is 158 Å². The first-order chi connectivity index (χ1) is 12.8. The second-order valence-electron chi connectivity index (χ2n) is 5.82. The van der Waals surface area contributed by atoms with E-state index in [1.807, 2.05) is 31.2 Å². The molecule has 0 spiro atoms. The number of aromatic nitrogens is 3. The molecule has 140 valence electrons. The van der Waals surface area contributed by atoms with Gasteiger partial charge in [-0.1, -0.05) is 41.4 Å². The number of aryl methyl sites for hydroxylation is 1. The third-order valence-electron chi connectivity index (χ3n) is 3.68. The molecule has 0 atom stereocenters. The number of rotatable bonds is 5. The number of anilines is 3. The summed E-state index contributed by atoms with van der Waals surface area (Å²) in [5.74, 6) is 0.512. The lowest BCUT2D eigenvalue weighted by atomic mass is 10.1. The number of hydrogen-bond donors (Lipinski definition) is 2. The van der Waals surface area contributed by atoms with Gasteiger partial charge in [-0.2, -0.15) is 23.3 Å². The molecule has 0 aliphatic heterocycles. The van der Waals surface area contributed by atoms with Crippen LogP contribution in [-0.2, 0) is 12.7 Å². The van der Waals surface area contributed by atoms with Crippen molar-refractivity contribution in [3.8, 4) is 0 Å². The molecule has 0 unspecified atom stereocenters. The van der Waals surface area contributed by atoms with Gasteiger partial charge < -0.3 is 10.6 Å². The molecule has 0 bridgehead atoms. The van der Waals surface area contributed by atoms with Gasteiger partial charge in [0, 0.05) is 12.2 Å². The number of nitrogens with zero attached hydrogens (tertiary/aromatic N) is 3. The van der Waals surface area contributed by atoms with Crippen molar-refractivity contribution in [2.45, 2.75) is 19.6 Å². The smallest absolute Gasteiger partial charge is 0.365 e. The average Bonchev–Trinajstić information content (AvgIpc) is 2.62. The molecule has 0 saturated heterocycles. The van der Waals surface area contributed by atoms with E-state index < -0.39 is 11.7 Å². The third-order valence-corrected chi connectivity index (χ3v) is 4.01.